The van der Waals surface area contributed by atoms with Crippen LogP contribution in [-0.2, 0) is 6.42 Å². The van der Waals surface area contributed by atoms with Crippen LogP contribution in [0, 0.1) is 5.92 Å². The van der Waals surface area contributed by atoms with Crippen LogP contribution in [0.15, 0.2) is 30.6 Å². The first kappa shape index (κ1) is 16.2. The van der Waals surface area contributed by atoms with Crippen LogP contribution in [0.25, 0.3) is 11.4 Å². The molecular weight excluding hydrogens is 284 g/mol. The highest BCUT2D eigenvalue weighted by Crippen LogP contribution is 2.24. The predicted molar refractivity (Wildman–Crippen MR) is 94.4 cm³/mol. The van der Waals surface area contributed by atoms with E-state index in [0.717, 1.165) is 23.7 Å². The summed E-state index contributed by atoms with van der Waals surface area (Å²) in [6.45, 7) is 11.3. The number of hydrogen-bond donors (Lipinski definition) is 0. The summed E-state index contributed by atoms with van der Waals surface area (Å²) in [6.07, 6.45) is 6.34. The van der Waals surface area contributed by atoms with Crippen molar-refractivity contribution in [1.29, 1.82) is 0 Å². The molecule has 0 unspecified atom stereocenters. The van der Waals surface area contributed by atoms with Crippen LogP contribution in [0.5, 0.6) is 0 Å². The van der Waals surface area contributed by atoms with Gasteiger partial charge in [0.15, 0.2) is 0 Å². The van der Waals surface area contributed by atoms with Crippen molar-refractivity contribution in [2.75, 3.05) is 13.1 Å². The highest BCUT2D eigenvalue weighted by molar-refractivity contribution is 5.54. The van der Waals surface area contributed by atoms with E-state index in [4.69, 9.17) is 0 Å². The summed E-state index contributed by atoms with van der Waals surface area (Å²) >= 11 is 0. The quantitative estimate of drug-likeness (QED) is 0.842. The molecule has 4 nitrogen and oxygen atoms in total. The van der Waals surface area contributed by atoms with E-state index in [-0.39, 0.29) is 0 Å². The van der Waals surface area contributed by atoms with Gasteiger partial charge >= 0.3 is 0 Å². The van der Waals surface area contributed by atoms with E-state index in [1.54, 1.807) is 0 Å². The summed E-state index contributed by atoms with van der Waals surface area (Å²) in [5.41, 5.74) is 3.45. The van der Waals surface area contributed by atoms with Crippen molar-refractivity contribution in [1.82, 2.24) is 19.7 Å². The second-order valence-corrected chi connectivity index (χ2v) is 7.25. The minimum atomic E-state index is 0.349. The van der Waals surface area contributed by atoms with Crippen LogP contribution in [0.1, 0.15) is 45.7 Å². The lowest BCUT2D eigenvalue weighted by atomic mass is 9.99. The molecule has 0 aliphatic carbocycles. The minimum absolute atomic E-state index is 0.349. The fraction of sp³-hybridized carbons (Fsp3) is 0.579. The number of hydrogen-bond acceptors (Lipinski definition) is 3. The molecule has 3 heterocycles. The lowest BCUT2D eigenvalue weighted by molar-refractivity contribution is 0.265. The lowest BCUT2D eigenvalue weighted by Crippen LogP contribution is -2.28. The van der Waals surface area contributed by atoms with Crippen molar-refractivity contribution in [2.45, 2.75) is 52.6 Å². The molecule has 0 N–H and O–H groups in total. The van der Waals surface area contributed by atoms with Crippen LogP contribution in [0.2, 0.25) is 0 Å². The van der Waals surface area contributed by atoms with Gasteiger partial charge in [-0.3, -0.25) is 9.67 Å². The maximum atomic E-state index is 4.69. The highest BCUT2D eigenvalue weighted by Gasteiger charge is 2.24. The molecule has 0 spiro atoms. The van der Waals surface area contributed by atoms with Gasteiger partial charge in [0.25, 0.3) is 0 Å². The van der Waals surface area contributed by atoms with Crippen LogP contribution < -0.4 is 0 Å². The molecule has 1 aliphatic heterocycles. The van der Waals surface area contributed by atoms with Crippen LogP contribution >= 0.6 is 0 Å². The zero-order chi connectivity index (χ0) is 16.4. The number of rotatable bonds is 5. The van der Waals surface area contributed by atoms with Gasteiger partial charge in [-0.05, 0) is 70.7 Å². The van der Waals surface area contributed by atoms with E-state index in [1.807, 2.05) is 23.1 Å². The van der Waals surface area contributed by atoms with Crippen molar-refractivity contribution in [3.63, 3.8) is 0 Å². The Morgan fingerprint density at radius 1 is 1.13 bits per heavy atom. The maximum absolute atomic E-state index is 4.69. The number of nitrogens with zero attached hydrogens (tertiary/aromatic N) is 4. The number of likely N-dealkylation sites (tertiary alicyclic amines) is 1. The molecule has 0 amide bonds. The molecule has 1 saturated heterocycles. The molecule has 124 valence electrons. The van der Waals surface area contributed by atoms with E-state index in [0.29, 0.717) is 12.1 Å². The van der Waals surface area contributed by atoms with Crippen LogP contribution in [0.3, 0.4) is 0 Å². The van der Waals surface area contributed by atoms with Gasteiger partial charge in [-0.15, -0.1) is 0 Å². The molecule has 2 aromatic rings. The first-order valence-corrected chi connectivity index (χ1v) is 8.77. The summed E-state index contributed by atoms with van der Waals surface area (Å²) in [7, 11) is 0. The van der Waals surface area contributed by atoms with Gasteiger partial charge in [0, 0.05) is 31.0 Å². The van der Waals surface area contributed by atoms with Crippen molar-refractivity contribution in [2.24, 2.45) is 5.92 Å². The summed E-state index contributed by atoms with van der Waals surface area (Å²) < 4.78 is 2.03. The van der Waals surface area contributed by atoms with E-state index in [2.05, 4.69) is 54.8 Å². The molecule has 3 rings (SSSR count). The normalized spacial score (nSPS) is 19.1. The average molecular weight is 312 g/mol. The Hall–Kier alpha value is -1.68. The largest absolute Gasteiger partial charge is 0.301 e. The minimum Gasteiger partial charge on any atom is -0.301 e. The van der Waals surface area contributed by atoms with Gasteiger partial charge in [0.1, 0.15) is 0 Å². The van der Waals surface area contributed by atoms with Gasteiger partial charge in [-0.25, -0.2) is 0 Å². The van der Waals surface area contributed by atoms with E-state index in [1.165, 1.54) is 25.1 Å². The summed E-state index contributed by atoms with van der Waals surface area (Å²) in [6, 6.07) is 7.43. The highest BCUT2D eigenvalue weighted by atomic mass is 15.3. The predicted octanol–water partition coefficient (Wildman–Crippen LogP) is 3.80. The second-order valence-electron chi connectivity index (χ2n) is 7.25. The third kappa shape index (κ3) is 3.63. The van der Waals surface area contributed by atoms with Gasteiger partial charge in [0.05, 0.1) is 11.4 Å². The Balaban J connectivity index is 1.67. The van der Waals surface area contributed by atoms with Crippen LogP contribution in [-0.4, -0.2) is 38.8 Å². The first-order chi connectivity index (χ1) is 11.0. The molecule has 1 aliphatic rings. The summed E-state index contributed by atoms with van der Waals surface area (Å²) in [4.78, 5) is 7.26. The Labute approximate surface area is 139 Å². The Morgan fingerprint density at radius 2 is 1.96 bits per heavy atom. The van der Waals surface area contributed by atoms with Crippen LogP contribution in [0.4, 0.5) is 0 Å². The summed E-state index contributed by atoms with van der Waals surface area (Å²) in [5, 5.41) is 4.39. The molecule has 4 heteroatoms. The monoisotopic (exact) mass is 312 g/mol. The van der Waals surface area contributed by atoms with E-state index >= 15 is 0 Å². The third-order valence-corrected chi connectivity index (χ3v) is 4.82. The standard InChI is InChI=1S/C19H28N4/c1-14(2)22-10-8-17(13-22)11-16-5-6-18(20-12-16)19-7-9-21-23(19)15(3)4/h5-7,9,12,14-15,17H,8,10-11,13H2,1-4H3/t17-/m0/s1. The molecule has 23 heavy (non-hydrogen) atoms. The molecule has 0 bridgehead atoms. The zero-order valence-electron chi connectivity index (χ0n) is 14.7. The number of pyridine rings is 1. The lowest BCUT2D eigenvalue weighted by Gasteiger charge is -2.20. The fourth-order valence-corrected chi connectivity index (χ4v) is 3.46. The van der Waals surface area contributed by atoms with Gasteiger partial charge in [-0.1, -0.05) is 6.07 Å². The number of aromatic nitrogens is 3. The summed E-state index contributed by atoms with van der Waals surface area (Å²) in [5.74, 6) is 0.770. The molecule has 1 atom stereocenters. The van der Waals surface area contributed by atoms with Crippen molar-refractivity contribution in [3.8, 4) is 11.4 Å². The van der Waals surface area contributed by atoms with Crippen molar-refractivity contribution < 1.29 is 0 Å². The molecular formula is C19H28N4. The topological polar surface area (TPSA) is 34.0 Å². The van der Waals surface area contributed by atoms with Gasteiger partial charge < -0.3 is 4.90 Å². The maximum Gasteiger partial charge on any atom is 0.0883 e. The fourth-order valence-electron chi connectivity index (χ4n) is 3.46. The molecule has 0 aromatic carbocycles. The Kier molecular flexibility index (Phi) is 4.81. The SMILES string of the molecule is CC(C)N1CC[C@@H](Cc2ccc(-c3ccnn3C(C)C)nc2)C1. The van der Waals surface area contributed by atoms with Gasteiger partial charge in [0.2, 0.25) is 0 Å². The second kappa shape index (κ2) is 6.83. The molecule has 0 radical (unpaired) electrons. The van der Waals surface area contributed by atoms with Gasteiger partial charge in [-0.2, -0.15) is 5.10 Å². The zero-order valence-corrected chi connectivity index (χ0v) is 14.7. The van der Waals surface area contributed by atoms with E-state index in [9.17, 15) is 0 Å². The average Bonchev–Trinajstić information content (AvgIpc) is 3.17. The molecule has 1 fully saturated rings. The van der Waals surface area contributed by atoms with Crippen molar-refractivity contribution in [3.05, 3.63) is 36.2 Å². The Morgan fingerprint density at radius 3 is 2.57 bits per heavy atom. The molecule has 0 saturated carbocycles. The first-order valence-electron chi connectivity index (χ1n) is 8.77. The Bertz CT molecular complexity index is 627. The van der Waals surface area contributed by atoms with Crippen molar-refractivity contribution >= 4 is 0 Å². The smallest absolute Gasteiger partial charge is 0.0883 e. The molecule has 2 aromatic heterocycles. The van der Waals surface area contributed by atoms with E-state index < -0.39 is 0 Å². The third-order valence-electron chi connectivity index (χ3n) is 4.82.